The Morgan fingerprint density at radius 1 is 1.03 bits per heavy atom. The van der Waals surface area contributed by atoms with Crippen molar-refractivity contribution in [1.29, 1.82) is 0 Å². The lowest BCUT2D eigenvalue weighted by Gasteiger charge is -2.14. The molecule has 0 aliphatic heterocycles. The summed E-state index contributed by atoms with van der Waals surface area (Å²) in [6.07, 6.45) is 3.87. The van der Waals surface area contributed by atoms with Gasteiger partial charge >= 0.3 is 0 Å². The summed E-state index contributed by atoms with van der Waals surface area (Å²) in [5.41, 5.74) is 0.676. The van der Waals surface area contributed by atoms with Crippen molar-refractivity contribution in [2.24, 2.45) is 5.92 Å². The third-order valence-electron chi connectivity index (χ3n) is 5.41. The number of hydrogen-bond acceptors (Lipinski definition) is 5. The Bertz CT molecular complexity index is 1130. The van der Waals surface area contributed by atoms with Crippen LogP contribution in [-0.4, -0.2) is 17.5 Å². The molecule has 1 amide bonds. The number of carbonyl (C=O) groups excluding carboxylic acids is 1. The van der Waals surface area contributed by atoms with Crippen LogP contribution >= 0.6 is 0 Å². The van der Waals surface area contributed by atoms with Gasteiger partial charge < -0.3 is 19.5 Å². The van der Waals surface area contributed by atoms with Crippen molar-refractivity contribution in [2.75, 3.05) is 6.61 Å². The van der Waals surface area contributed by atoms with Crippen molar-refractivity contribution in [3.05, 3.63) is 77.5 Å². The minimum Gasteiger partial charge on any atom is -0.493 e. The van der Waals surface area contributed by atoms with Crippen molar-refractivity contribution < 1.29 is 27.8 Å². The highest BCUT2D eigenvalue weighted by Gasteiger charge is 2.22. The summed E-state index contributed by atoms with van der Waals surface area (Å²) in [6.45, 7) is 3.66. The number of carbonyl (C=O) groups is 1. The largest absolute Gasteiger partial charge is 0.493 e. The summed E-state index contributed by atoms with van der Waals surface area (Å²) >= 11 is 0. The number of amides is 1. The van der Waals surface area contributed by atoms with E-state index in [-0.39, 0.29) is 35.7 Å². The van der Waals surface area contributed by atoms with Gasteiger partial charge in [0.25, 0.3) is 0 Å². The van der Waals surface area contributed by atoms with Crippen molar-refractivity contribution in [3.8, 4) is 23.1 Å². The smallest absolute Gasteiger partial charge is 0.222 e. The van der Waals surface area contributed by atoms with Crippen LogP contribution in [0.15, 0.2) is 54.7 Å². The van der Waals surface area contributed by atoms with E-state index in [2.05, 4.69) is 10.3 Å². The number of rotatable bonds is 10. The summed E-state index contributed by atoms with van der Waals surface area (Å²) in [4.78, 5) is 15.3. The SMILES string of the molecule is CC(=O)NC(C)c1ccc(OCc2c(F)cc(Oc3cc(OCC4CC4)ccn3)cc2F)cc1. The normalized spacial score (nSPS) is 13.8. The number of nitrogens with zero attached hydrogens (tertiary/aromatic N) is 1. The number of halogens is 2. The second kappa shape index (κ2) is 10.5. The van der Waals surface area contributed by atoms with Crippen molar-refractivity contribution in [2.45, 2.75) is 39.3 Å². The van der Waals surface area contributed by atoms with Crippen molar-refractivity contribution in [1.82, 2.24) is 10.3 Å². The quantitative estimate of drug-likeness (QED) is 0.412. The van der Waals surface area contributed by atoms with E-state index >= 15 is 0 Å². The first-order valence-electron chi connectivity index (χ1n) is 11.1. The minimum atomic E-state index is -0.785. The zero-order valence-electron chi connectivity index (χ0n) is 19.0. The van der Waals surface area contributed by atoms with Gasteiger partial charge in [0.05, 0.1) is 18.2 Å². The van der Waals surface area contributed by atoms with E-state index in [0.717, 1.165) is 17.7 Å². The third kappa shape index (κ3) is 6.43. The molecule has 1 N–H and O–H groups in total. The number of hydrogen-bond donors (Lipinski definition) is 1. The summed E-state index contributed by atoms with van der Waals surface area (Å²) in [5.74, 6) is 0.119. The molecule has 178 valence electrons. The van der Waals surface area contributed by atoms with Gasteiger partial charge in [-0.3, -0.25) is 4.79 Å². The lowest BCUT2D eigenvalue weighted by molar-refractivity contribution is -0.119. The standard InChI is InChI=1S/C26H26F2N2O4/c1-16(30-17(2)31)19-5-7-20(8-6-19)33-15-23-24(27)11-22(12-25(23)28)34-26-13-21(9-10-29-26)32-14-18-3-4-18/h5-13,16,18H,3-4,14-15H2,1-2H3,(H,30,31). The Morgan fingerprint density at radius 3 is 2.38 bits per heavy atom. The summed E-state index contributed by atoms with van der Waals surface area (Å²) in [7, 11) is 0. The first kappa shape index (κ1) is 23.5. The van der Waals surface area contributed by atoms with Crippen LogP contribution < -0.4 is 19.5 Å². The van der Waals surface area contributed by atoms with E-state index in [0.29, 0.717) is 24.0 Å². The molecular weight excluding hydrogens is 442 g/mol. The molecule has 1 unspecified atom stereocenters. The van der Waals surface area contributed by atoms with Gasteiger partial charge in [0.2, 0.25) is 11.8 Å². The monoisotopic (exact) mass is 468 g/mol. The van der Waals surface area contributed by atoms with Gasteiger partial charge in [0, 0.05) is 31.3 Å². The molecule has 4 rings (SSSR count). The van der Waals surface area contributed by atoms with Crippen LogP contribution in [-0.2, 0) is 11.4 Å². The molecule has 34 heavy (non-hydrogen) atoms. The van der Waals surface area contributed by atoms with Gasteiger partial charge in [-0.1, -0.05) is 12.1 Å². The molecule has 1 aliphatic carbocycles. The number of pyridine rings is 1. The van der Waals surface area contributed by atoms with Gasteiger partial charge in [0.1, 0.15) is 35.5 Å². The lowest BCUT2D eigenvalue weighted by atomic mass is 10.1. The molecule has 3 aromatic rings. The number of nitrogens with one attached hydrogen (secondary N) is 1. The predicted octanol–water partition coefficient (Wildman–Crippen LogP) is 5.72. The highest BCUT2D eigenvalue weighted by atomic mass is 19.1. The Morgan fingerprint density at radius 2 is 1.74 bits per heavy atom. The van der Waals surface area contributed by atoms with Gasteiger partial charge in [-0.15, -0.1) is 0 Å². The van der Waals surface area contributed by atoms with E-state index in [1.54, 1.807) is 36.4 Å². The van der Waals surface area contributed by atoms with E-state index in [4.69, 9.17) is 14.2 Å². The molecule has 1 fully saturated rings. The molecule has 0 spiro atoms. The fourth-order valence-corrected chi connectivity index (χ4v) is 3.33. The van der Waals surface area contributed by atoms with Crippen LogP contribution in [0.2, 0.25) is 0 Å². The molecule has 1 saturated carbocycles. The van der Waals surface area contributed by atoms with Crippen LogP contribution in [0.4, 0.5) is 8.78 Å². The Hall–Kier alpha value is -3.68. The minimum absolute atomic E-state index is 0.0121. The van der Waals surface area contributed by atoms with Gasteiger partial charge in [-0.05, 0) is 49.4 Å². The van der Waals surface area contributed by atoms with Crippen molar-refractivity contribution >= 4 is 5.91 Å². The first-order chi connectivity index (χ1) is 16.4. The molecule has 1 aromatic heterocycles. The van der Waals surface area contributed by atoms with Crippen LogP contribution in [0.3, 0.4) is 0 Å². The Labute approximate surface area is 196 Å². The Balaban J connectivity index is 1.37. The van der Waals surface area contributed by atoms with E-state index in [9.17, 15) is 13.6 Å². The predicted molar refractivity (Wildman–Crippen MR) is 122 cm³/mol. The number of benzene rings is 2. The average Bonchev–Trinajstić information content (AvgIpc) is 3.62. The fourth-order valence-electron chi connectivity index (χ4n) is 3.33. The topological polar surface area (TPSA) is 69.7 Å². The van der Waals surface area contributed by atoms with Gasteiger partial charge in [0.15, 0.2) is 0 Å². The fraction of sp³-hybridized carbons (Fsp3) is 0.308. The summed E-state index contributed by atoms with van der Waals surface area (Å²) < 4.78 is 46.0. The second-order valence-electron chi connectivity index (χ2n) is 8.33. The van der Waals surface area contributed by atoms with Crippen LogP contribution in [0.1, 0.15) is 43.9 Å². The maximum absolute atomic E-state index is 14.6. The lowest BCUT2D eigenvalue weighted by Crippen LogP contribution is -2.23. The molecule has 0 radical (unpaired) electrons. The van der Waals surface area contributed by atoms with Crippen molar-refractivity contribution in [3.63, 3.8) is 0 Å². The van der Waals surface area contributed by atoms with E-state index in [1.807, 2.05) is 6.92 Å². The maximum Gasteiger partial charge on any atom is 0.222 e. The summed E-state index contributed by atoms with van der Waals surface area (Å²) in [5, 5.41) is 2.79. The summed E-state index contributed by atoms with van der Waals surface area (Å²) in [6, 6.07) is 12.3. The van der Waals surface area contributed by atoms with E-state index in [1.165, 1.54) is 26.0 Å². The molecule has 0 bridgehead atoms. The first-order valence-corrected chi connectivity index (χ1v) is 11.1. The molecule has 2 aromatic carbocycles. The van der Waals surface area contributed by atoms with Crippen LogP contribution in [0.25, 0.3) is 0 Å². The average molecular weight is 469 g/mol. The Kier molecular flexibility index (Phi) is 7.25. The zero-order valence-corrected chi connectivity index (χ0v) is 19.0. The molecular formula is C26H26F2N2O4. The molecule has 8 heteroatoms. The third-order valence-corrected chi connectivity index (χ3v) is 5.41. The molecule has 0 saturated heterocycles. The molecule has 1 aliphatic rings. The molecule has 1 atom stereocenters. The van der Waals surface area contributed by atoms with Gasteiger partial charge in [-0.25, -0.2) is 13.8 Å². The van der Waals surface area contributed by atoms with Crippen LogP contribution in [0, 0.1) is 17.6 Å². The number of ether oxygens (including phenoxy) is 3. The highest BCUT2D eigenvalue weighted by molar-refractivity contribution is 5.73. The highest BCUT2D eigenvalue weighted by Crippen LogP contribution is 2.31. The molecule has 1 heterocycles. The molecule has 6 nitrogen and oxygen atoms in total. The van der Waals surface area contributed by atoms with Crippen LogP contribution in [0.5, 0.6) is 23.1 Å². The second-order valence-corrected chi connectivity index (χ2v) is 8.33. The number of aromatic nitrogens is 1. The van der Waals surface area contributed by atoms with E-state index < -0.39 is 11.6 Å². The zero-order chi connectivity index (χ0) is 24.1. The van der Waals surface area contributed by atoms with Gasteiger partial charge in [-0.2, -0.15) is 0 Å². The maximum atomic E-state index is 14.6.